The smallest absolute Gasteiger partial charge is 0.243 e. The van der Waals surface area contributed by atoms with Crippen LogP contribution in [0.25, 0.3) is 0 Å². The Hall–Kier alpha value is -2.78. The maximum atomic E-state index is 13.8. The van der Waals surface area contributed by atoms with Gasteiger partial charge in [-0.25, -0.2) is 12.8 Å². The molecule has 0 unspecified atom stereocenters. The summed E-state index contributed by atoms with van der Waals surface area (Å²) in [5.41, 5.74) is 1.74. The van der Waals surface area contributed by atoms with Crippen LogP contribution in [0.3, 0.4) is 0 Å². The summed E-state index contributed by atoms with van der Waals surface area (Å²) in [5.74, 6) is -0.226. The molecule has 1 aliphatic heterocycles. The maximum absolute atomic E-state index is 13.8. The van der Waals surface area contributed by atoms with E-state index in [1.807, 2.05) is 25.7 Å². The third kappa shape index (κ3) is 6.99. The van der Waals surface area contributed by atoms with Crippen molar-refractivity contribution in [2.75, 3.05) is 19.6 Å². The van der Waals surface area contributed by atoms with E-state index in [-0.39, 0.29) is 53.6 Å². The van der Waals surface area contributed by atoms with Crippen LogP contribution < -0.4 is 0 Å². The Bertz CT molecular complexity index is 1220. The quantitative estimate of drug-likeness (QED) is 0.446. The van der Waals surface area contributed by atoms with Gasteiger partial charge in [-0.15, -0.1) is 0 Å². The Morgan fingerprint density at radius 2 is 1.55 bits per heavy atom. The van der Waals surface area contributed by atoms with Crippen LogP contribution in [-0.2, 0) is 26.2 Å². The zero-order valence-corrected chi connectivity index (χ0v) is 23.3. The predicted octanol–water partition coefficient (Wildman–Crippen LogP) is 4.35. The topological polar surface area (TPSA) is 78.0 Å². The van der Waals surface area contributed by atoms with E-state index < -0.39 is 10.0 Å². The van der Waals surface area contributed by atoms with Crippen LogP contribution in [0, 0.1) is 18.7 Å². The molecular formula is C29H38FN3O4S. The van der Waals surface area contributed by atoms with Crippen molar-refractivity contribution in [3.63, 3.8) is 0 Å². The normalized spacial score (nSPS) is 16.7. The van der Waals surface area contributed by atoms with Gasteiger partial charge in [0.15, 0.2) is 0 Å². The molecule has 1 saturated carbocycles. The van der Waals surface area contributed by atoms with Gasteiger partial charge in [0.25, 0.3) is 0 Å². The first kappa shape index (κ1) is 28.2. The number of aryl methyl sites for hydroxylation is 1. The summed E-state index contributed by atoms with van der Waals surface area (Å²) < 4.78 is 41.9. The van der Waals surface area contributed by atoms with E-state index in [9.17, 15) is 22.4 Å². The average Bonchev–Trinajstić information content (AvgIpc) is 3.72. The van der Waals surface area contributed by atoms with Gasteiger partial charge in [0.2, 0.25) is 21.8 Å². The third-order valence-corrected chi connectivity index (χ3v) is 9.21. The number of carbonyl (C=O) groups excluding carboxylic acids is 2. The fraction of sp³-hybridized carbons (Fsp3) is 0.517. The van der Waals surface area contributed by atoms with Crippen LogP contribution in [-0.4, -0.2) is 66.1 Å². The Labute approximate surface area is 225 Å². The molecule has 7 nitrogen and oxygen atoms in total. The van der Waals surface area contributed by atoms with Crippen molar-refractivity contribution in [1.29, 1.82) is 0 Å². The first-order valence-electron chi connectivity index (χ1n) is 13.4. The second-order valence-corrected chi connectivity index (χ2v) is 12.8. The molecule has 0 bridgehead atoms. The molecule has 0 radical (unpaired) electrons. The van der Waals surface area contributed by atoms with Crippen LogP contribution in [0.2, 0.25) is 0 Å². The van der Waals surface area contributed by atoms with Crippen LogP contribution >= 0.6 is 0 Å². The van der Waals surface area contributed by atoms with Crippen molar-refractivity contribution in [2.45, 2.75) is 76.4 Å². The van der Waals surface area contributed by atoms with Gasteiger partial charge in [-0.2, -0.15) is 4.31 Å². The highest BCUT2D eigenvalue weighted by Crippen LogP contribution is 2.32. The third-order valence-electron chi connectivity index (χ3n) is 7.30. The van der Waals surface area contributed by atoms with Gasteiger partial charge in [-0.1, -0.05) is 43.7 Å². The monoisotopic (exact) mass is 543 g/mol. The Morgan fingerprint density at radius 1 is 0.947 bits per heavy atom. The molecule has 1 saturated heterocycles. The Morgan fingerprint density at radius 3 is 2.11 bits per heavy atom. The van der Waals surface area contributed by atoms with E-state index >= 15 is 0 Å². The maximum Gasteiger partial charge on any atom is 0.243 e. The number of carbonyl (C=O) groups is 2. The number of hydrogen-bond donors (Lipinski definition) is 0. The largest absolute Gasteiger partial charge is 0.343 e. The lowest BCUT2D eigenvalue weighted by Crippen LogP contribution is -2.51. The van der Waals surface area contributed by atoms with Gasteiger partial charge in [-0.05, 0) is 68.4 Å². The van der Waals surface area contributed by atoms with E-state index in [0.717, 1.165) is 24.0 Å². The minimum atomic E-state index is -3.84. The molecule has 38 heavy (non-hydrogen) atoms. The Kier molecular flexibility index (Phi) is 8.88. The first-order valence-corrected chi connectivity index (χ1v) is 14.9. The molecule has 0 atom stereocenters. The first-order chi connectivity index (χ1) is 18.0. The zero-order valence-electron chi connectivity index (χ0n) is 22.5. The summed E-state index contributed by atoms with van der Waals surface area (Å²) >= 11 is 0. The lowest BCUT2D eigenvalue weighted by atomic mass is 10.0. The van der Waals surface area contributed by atoms with Gasteiger partial charge in [-0.3, -0.25) is 9.59 Å². The molecule has 2 aromatic carbocycles. The summed E-state index contributed by atoms with van der Waals surface area (Å²) in [6, 6.07) is 12.4. The molecule has 2 amide bonds. The number of amides is 2. The summed E-state index contributed by atoms with van der Waals surface area (Å²) in [7, 11) is -3.84. The number of rotatable bonds is 10. The molecule has 1 aliphatic carbocycles. The number of hydrogen-bond acceptors (Lipinski definition) is 4. The van der Waals surface area contributed by atoms with Gasteiger partial charge >= 0.3 is 0 Å². The number of piperidine rings is 1. The van der Waals surface area contributed by atoms with Crippen molar-refractivity contribution in [1.82, 2.24) is 14.1 Å². The summed E-state index contributed by atoms with van der Waals surface area (Å²) in [6.07, 6.45) is 3.19. The SMILES string of the molecule is Cc1ccc(S(=O)(=O)N(CC(=O)N(Cc2ccc(F)cc2)C2CCN(C(=O)CC(C)C)CC2)C2CC2)cc1. The van der Waals surface area contributed by atoms with E-state index in [0.29, 0.717) is 32.4 Å². The molecule has 9 heteroatoms. The molecule has 2 aromatic rings. The molecule has 2 aliphatic rings. The predicted molar refractivity (Wildman–Crippen MR) is 144 cm³/mol. The van der Waals surface area contributed by atoms with Crippen LogP contribution in [0.15, 0.2) is 53.4 Å². The molecule has 1 heterocycles. The van der Waals surface area contributed by atoms with Crippen molar-refractivity contribution in [3.8, 4) is 0 Å². The van der Waals surface area contributed by atoms with Crippen molar-refractivity contribution in [2.24, 2.45) is 5.92 Å². The van der Waals surface area contributed by atoms with E-state index in [1.165, 1.54) is 16.4 Å². The summed E-state index contributed by atoms with van der Waals surface area (Å²) in [4.78, 5) is 30.2. The van der Waals surface area contributed by atoms with Gasteiger partial charge in [0.05, 0.1) is 11.4 Å². The van der Waals surface area contributed by atoms with E-state index in [2.05, 4.69) is 0 Å². The summed E-state index contributed by atoms with van der Waals surface area (Å²) in [5, 5.41) is 0. The molecule has 0 aromatic heterocycles. The number of benzene rings is 2. The molecule has 0 spiro atoms. The van der Waals surface area contributed by atoms with Crippen LogP contribution in [0.1, 0.15) is 57.1 Å². The highest BCUT2D eigenvalue weighted by molar-refractivity contribution is 7.89. The fourth-order valence-corrected chi connectivity index (χ4v) is 6.59. The molecule has 0 N–H and O–H groups in total. The second kappa shape index (κ2) is 11.9. The van der Waals surface area contributed by atoms with Crippen molar-refractivity contribution in [3.05, 3.63) is 65.5 Å². The fourth-order valence-electron chi connectivity index (χ4n) is 4.96. The number of likely N-dealkylation sites (tertiary alicyclic amines) is 1. The molecule has 2 fully saturated rings. The number of halogens is 1. The molecular weight excluding hydrogens is 505 g/mol. The number of nitrogens with zero attached hydrogens (tertiary/aromatic N) is 3. The molecule has 206 valence electrons. The molecule has 4 rings (SSSR count). The van der Waals surface area contributed by atoms with Crippen LogP contribution in [0.4, 0.5) is 4.39 Å². The second-order valence-electron chi connectivity index (χ2n) is 11.0. The lowest BCUT2D eigenvalue weighted by Gasteiger charge is -2.39. The summed E-state index contributed by atoms with van der Waals surface area (Å²) in [6.45, 7) is 7.05. The van der Waals surface area contributed by atoms with Gasteiger partial charge < -0.3 is 9.80 Å². The van der Waals surface area contributed by atoms with Crippen molar-refractivity contribution >= 4 is 21.8 Å². The minimum Gasteiger partial charge on any atom is -0.343 e. The Balaban J connectivity index is 1.53. The lowest BCUT2D eigenvalue weighted by molar-refractivity contribution is -0.137. The van der Waals surface area contributed by atoms with E-state index in [1.54, 1.807) is 41.3 Å². The number of sulfonamides is 1. The van der Waals surface area contributed by atoms with Gasteiger partial charge in [0, 0.05) is 38.1 Å². The minimum absolute atomic E-state index is 0.124. The van der Waals surface area contributed by atoms with E-state index in [4.69, 9.17) is 0 Å². The zero-order chi connectivity index (χ0) is 27.4. The van der Waals surface area contributed by atoms with Gasteiger partial charge in [0.1, 0.15) is 5.82 Å². The van der Waals surface area contributed by atoms with Crippen LogP contribution in [0.5, 0.6) is 0 Å². The highest BCUT2D eigenvalue weighted by atomic mass is 32.2. The average molecular weight is 544 g/mol. The van der Waals surface area contributed by atoms with Crippen molar-refractivity contribution < 1.29 is 22.4 Å². The highest BCUT2D eigenvalue weighted by Gasteiger charge is 2.41. The standard InChI is InChI=1S/C29H38FN3O4S/c1-21(2)18-28(34)31-16-14-25(15-17-31)32(19-23-6-8-24(30)9-7-23)29(35)20-33(26-10-11-26)38(36,37)27-12-4-22(3)5-13-27/h4-9,12-13,21,25-26H,10-11,14-20H2,1-3H3.